The van der Waals surface area contributed by atoms with E-state index in [0.29, 0.717) is 0 Å². The zero-order chi connectivity index (χ0) is 12.3. The molecule has 0 aromatic carbocycles. The van der Waals surface area contributed by atoms with Gasteiger partial charge in [-0.15, -0.1) is 11.3 Å². The van der Waals surface area contributed by atoms with Crippen LogP contribution in [0.3, 0.4) is 0 Å². The number of halogens is 4. The lowest BCUT2D eigenvalue weighted by Crippen LogP contribution is -2.39. The number of nitrogens with one attached hydrogen (secondary N) is 1. The van der Waals surface area contributed by atoms with Gasteiger partial charge in [-0.25, -0.2) is 0 Å². The van der Waals surface area contributed by atoms with Gasteiger partial charge >= 0.3 is 6.18 Å². The Bertz CT molecular complexity index is 342. The molecule has 0 aliphatic heterocycles. The van der Waals surface area contributed by atoms with E-state index in [1.807, 2.05) is 11.4 Å². The van der Waals surface area contributed by atoms with Gasteiger partial charge in [0.1, 0.15) is 0 Å². The Labute approximate surface area is 104 Å². The molecule has 1 heterocycles. The summed E-state index contributed by atoms with van der Waals surface area (Å²) in [7, 11) is 0. The maximum absolute atomic E-state index is 12.0. The quantitative estimate of drug-likeness (QED) is 0.894. The Balaban J connectivity index is 2.48. The molecule has 1 aromatic rings. The molecule has 0 spiro atoms. The number of thiophene rings is 1. The zero-order valence-electron chi connectivity index (χ0n) is 8.38. The maximum Gasteiger partial charge on any atom is 0.415 e. The molecule has 0 saturated heterocycles. The number of aliphatic hydroxyl groups excluding tert-OH is 1. The van der Waals surface area contributed by atoms with E-state index in [1.54, 1.807) is 6.92 Å². The smallest absolute Gasteiger partial charge is 0.382 e. The van der Waals surface area contributed by atoms with Crippen LogP contribution in [0.4, 0.5) is 13.2 Å². The lowest BCUT2D eigenvalue weighted by Gasteiger charge is -2.18. The largest absolute Gasteiger partial charge is 0.415 e. The van der Waals surface area contributed by atoms with Gasteiger partial charge in [-0.05, 0) is 34.3 Å². The van der Waals surface area contributed by atoms with Gasteiger partial charge in [0, 0.05) is 21.9 Å². The second kappa shape index (κ2) is 5.48. The first kappa shape index (κ1) is 14.0. The van der Waals surface area contributed by atoms with Crippen molar-refractivity contribution in [1.82, 2.24) is 5.32 Å². The van der Waals surface area contributed by atoms with Crippen LogP contribution < -0.4 is 5.32 Å². The predicted molar refractivity (Wildman–Crippen MR) is 60.5 cm³/mol. The van der Waals surface area contributed by atoms with E-state index in [4.69, 9.17) is 5.11 Å². The van der Waals surface area contributed by atoms with E-state index in [9.17, 15) is 13.2 Å². The molecule has 0 amide bonds. The molecule has 2 nitrogen and oxygen atoms in total. The van der Waals surface area contributed by atoms with E-state index in [0.717, 1.165) is 9.35 Å². The van der Waals surface area contributed by atoms with Crippen molar-refractivity contribution in [1.29, 1.82) is 0 Å². The number of alkyl halides is 3. The standard InChI is InChI=1S/C9H11BrF3NOS/c1-5(8-6(10)2-3-16-8)14-4-7(15)9(11,12)13/h2-3,5,7,14-15H,4H2,1H3. The Morgan fingerprint density at radius 1 is 1.56 bits per heavy atom. The molecule has 2 N–H and O–H groups in total. The van der Waals surface area contributed by atoms with E-state index in [1.165, 1.54) is 11.3 Å². The highest BCUT2D eigenvalue weighted by Crippen LogP contribution is 2.29. The fourth-order valence-electron chi connectivity index (χ4n) is 1.11. The van der Waals surface area contributed by atoms with Gasteiger partial charge in [-0.3, -0.25) is 0 Å². The Morgan fingerprint density at radius 2 is 2.19 bits per heavy atom. The molecule has 0 radical (unpaired) electrons. The summed E-state index contributed by atoms with van der Waals surface area (Å²) in [5, 5.41) is 13.3. The third kappa shape index (κ3) is 3.73. The fourth-order valence-corrected chi connectivity index (χ4v) is 2.86. The Kier molecular flexibility index (Phi) is 4.78. The number of hydrogen-bond acceptors (Lipinski definition) is 3. The molecule has 7 heteroatoms. The molecule has 0 fully saturated rings. The van der Waals surface area contributed by atoms with Crippen LogP contribution in [0, 0.1) is 0 Å². The lowest BCUT2D eigenvalue weighted by molar-refractivity contribution is -0.202. The molecule has 0 aliphatic rings. The molecule has 0 saturated carbocycles. The molecular formula is C9H11BrF3NOS. The van der Waals surface area contributed by atoms with Crippen LogP contribution in [0.25, 0.3) is 0 Å². The summed E-state index contributed by atoms with van der Waals surface area (Å²) in [4.78, 5) is 0.911. The molecule has 1 aromatic heterocycles. The van der Waals surface area contributed by atoms with Gasteiger partial charge in [-0.2, -0.15) is 13.2 Å². The van der Waals surface area contributed by atoms with Crippen LogP contribution in [0.1, 0.15) is 17.8 Å². The summed E-state index contributed by atoms with van der Waals surface area (Å²) in [6, 6.07) is 1.60. The van der Waals surface area contributed by atoms with Crippen molar-refractivity contribution in [2.75, 3.05) is 6.54 Å². The molecule has 1 rings (SSSR count). The molecule has 16 heavy (non-hydrogen) atoms. The van der Waals surface area contributed by atoms with Crippen molar-refractivity contribution in [3.8, 4) is 0 Å². The number of rotatable bonds is 4. The maximum atomic E-state index is 12.0. The van der Waals surface area contributed by atoms with Crippen molar-refractivity contribution in [3.05, 3.63) is 20.8 Å². The Hall–Kier alpha value is -0.110. The second-order valence-electron chi connectivity index (χ2n) is 3.32. The van der Waals surface area contributed by atoms with Crippen molar-refractivity contribution in [3.63, 3.8) is 0 Å². The van der Waals surface area contributed by atoms with E-state index in [-0.39, 0.29) is 6.04 Å². The number of hydrogen-bond donors (Lipinski definition) is 2. The van der Waals surface area contributed by atoms with Crippen molar-refractivity contribution >= 4 is 27.3 Å². The minimum atomic E-state index is -4.57. The molecule has 2 atom stereocenters. The lowest BCUT2D eigenvalue weighted by atomic mass is 10.2. The number of aliphatic hydroxyl groups is 1. The summed E-state index contributed by atoms with van der Waals surface area (Å²) in [6.45, 7) is 1.24. The fraction of sp³-hybridized carbons (Fsp3) is 0.556. The normalized spacial score (nSPS) is 16.1. The summed E-state index contributed by atoms with van der Waals surface area (Å²) in [5.74, 6) is 0. The van der Waals surface area contributed by atoms with Crippen LogP contribution in [-0.4, -0.2) is 23.9 Å². The van der Waals surface area contributed by atoms with Gasteiger partial charge in [-0.1, -0.05) is 0 Å². The van der Waals surface area contributed by atoms with Crippen LogP contribution in [0.2, 0.25) is 0 Å². The highest BCUT2D eigenvalue weighted by molar-refractivity contribution is 9.10. The Morgan fingerprint density at radius 3 is 2.62 bits per heavy atom. The van der Waals surface area contributed by atoms with Gasteiger partial charge in [0.25, 0.3) is 0 Å². The summed E-state index contributed by atoms with van der Waals surface area (Å²) in [6.07, 6.45) is -6.90. The topological polar surface area (TPSA) is 32.3 Å². The minimum Gasteiger partial charge on any atom is -0.382 e. The second-order valence-corrected chi connectivity index (χ2v) is 5.12. The first-order valence-electron chi connectivity index (χ1n) is 4.53. The van der Waals surface area contributed by atoms with E-state index < -0.39 is 18.8 Å². The van der Waals surface area contributed by atoms with Crippen LogP contribution in [-0.2, 0) is 0 Å². The SMILES string of the molecule is CC(NCC(O)C(F)(F)F)c1sccc1Br. The first-order valence-corrected chi connectivity index (χ1v) is 6.20. The highest BCUT2D eigenvalue weighted by Gasteiger charge is 2.38. The monoisotopic (exact) mass is 317 g/mol. The van der Waals surface area contributed by atoms with Crippen molar-refractivity contribution < 1.29 is 18.3 Å². The highest BCUT2D eigenvalue weighted by atomic mass is 79.9. The van der Waals surface area contributed by atoms with Gasteiger partial charge < -0.3 is 10.4 Å². The minimum absolute atomic E-state index is 0.230. The molecule has 0 bridgehead atoms. The van der Waals surface area contributed by atoms with Crippen molar-refractivity contribution in [2.24, 2.45) is 0 Å². The van der Waals surface area contributed by atoms with E-state index >= 15 is 0 Å². The predicted octanol–water partition coefficient (Wildman–Crippen LogP) is 3.08. The van der Waals surface area contributed by atoms with Crippen molar-refractivity contribution in [2.45, 2.75) is 25.2 Å². The van der Waals surface area contributed by atoms with Gasteiger partial charge in [0.05, 0.1) is 0 Å². The van der Waals surface area contributed by atoms with Crippen LogP contribution >= 0.6 is 27.3 Å². The molecule has 2 unspecified atom stereocenters. The summed E-state index contributed by atoms with van der Waals surface area (Å²) < 4.78 is 36.9. The third-order valence-electron chi connectivity index (χ3n) is 2.03. The first-order chi connectivity index (χ1) is 7.32. The average Bonchev–Trinajstić information content (AvgIpc) is 2.58. The molecule has 0 aliphatic carbocycles. The molecule has 92 valence electrons. The van der Waals surface area contributed by atoms with Gasteiger partial charge in [0.15, 0.2) is 6.10 Å². The zero-order valence-corrected chi connectivity index (χ0v) is 10.8. The summed E-state index contributed by atoms with van der Waals surface area (Å²) >= 11 is 4.74. The third-order valence-corrected chi connectivity index (χ3v) is 4.09. The molecular weight excluding hydrogens is 307 g/mol. The van der Waals surface area contributed by atoms with E-state index in [2.05, 4.69) is 21.2 Å². The summed E-state index contributed by atoms with van der Waals surface area (Å²) in [5.41, 5.74) is 0. The van der Waals surface area contributed by atoms with Crippen LogP contribution in [0.15, 0.2) is 15.9 Å². The average molecular weight is 318 g/mol. The van der Waals surface area contributed by atoms with Crippen LogP contribution in [0.5, 0.6) is 0 Å². The van der Waals surface area contributed by atoms with Gasteiger partial charge in [0.2, 0.25) is 0 Å².